The number of hydrogen-bond donors (Lipinski definition) is 3. The van der Waals surface area contributed by atoms with Crippen LogP contribution in [0.2, 0.25) is 0 Å². The number of aromatic hydroxyl groups is 1. The zero-order valence-corrected chi connectivity index (χ0v) is 18.4. The number of methoxy groups -OCH3 is 3. The number of amidine groups is 1. The van der Waals surface area contributed by atoms with Crippen LogP contribution in [0, 0.1) is 5.41 Å². The quantitative estimate of drug-likeness (QED) is 0.543. The highest BCUT2D eigenvalue weighted by molar-refractivity contribution is 8.14. The van der Waals surface area contributed by atoms with Gasteiger partial charge < -0.3 is 24.6 Å². The van der Waals surface area contributed by atoms with E-state index in [2.05, 4.69) is 10.4 Å². The van der Waals surface area contributed by atoms with Gasteiger partial charge in [-0.25, -0.2) is 0 Å². The summed E-state index contributed by atoms with van der Waals surface area (Å²) in [6.07, 6.45) is 1.23. The molecule has 0 aliphatic carbocycles. The topological polar surface area (TPSA) is 134 Å². The molecule has 0 radical (unpaired) electrons. The van der Waals surface area contributed by atoms with E-state index in [0.717, 1.165) is 16.8 Å². The number of phenols is 1. The number of phenolic OH excluding ortho intramolecular Hbond substituents is 1. The Morgan fingerprint density at radius 2 is 1.81 bits per heavy atom. The van der Waals surface area contributed by atoms with Crippen LogP contribution in [0.1, 0.15) is 12.0 Å². The second-order valence-corrected chi connectivity index (χ2v) is 7.75. The highest BCUT2D eigenvalue weighted by Gasteiger charge is 2.35. The van der Waals surface area contributed by atoms with Crippen LogP contribution in [0.25, 0.3) is 0 Å². The first-order valence-corrected chi connectivity index (χ1v) is 10.3. The van der Waals surface area contributed by atoms with E-state index in [1.54, 1.807) is 31.4 Å². The third kappa shape index (κ3) is 5.11. The highest BCUT2D eigenvalue weighted by atomic mass is 32.2. The third-order valence-electron chi connectivity index (χ3n) is 4.52. The lowest BCUT2D eigenvalue weighted by atomic mass is 10.2. The van der Waals surface area contributed by atoms with E-state index < -0.39 is 11.2 Å². The van der Waals surface area contributed by atoms with Gasteiger partial charge in [0.05, 0.1) is 34.0 Å². The molecule has 3 N–H and O–H groups in total. The molecule has 2 aromatic rings. The Labute approximate surface area is 188 Å². The van der Waals surface area contributed by atoms with E-state index in [-0.39, 0.29) is 34.7 Å². The molecular formula is C21H22N4O6S. The predicted octanol–water partition coefficient (Wildman–Crippen LogP) is 2.66. The van der Waals surface area contributed by atoms with E-state index in [9.17, 15) is 14.7 Å². The number of hydrazone groups is 1. The number of hydrogen-bond acceptors (Lipinski definition) is 9. The number of rotatable bonds is 7. The summed E-state index contributed by atoms with van der Waals surface area (Å²) in [7, 11) is 4.34. The van der Waals surface area contributed by atoms with Crippen molar-refractivity contribution in [3.63, 3.8) is 0 Å². The minimum absolute atomic E-state index is 0.116. The molecule has 1 saturated heterocycles. The van der Waals surface area contributed by atoms with Gasteiger partial charge in [0.1, 0.15) is 11.0 Å². The normalized spacial score (nSPS) is 16.2. The van der Waals surface area contributed by atoms with Crippen LogP contribution >= 0.6 is 11.8 Å². The number of ether oxygens (including phenoxy) is 3. The van der Waals surface area contributed by atoms with Gasteiger partial charge in [0, 0.05) is 11.3 Å². The lowest BCUT2D eigenvalue weighted by molar-refractivity contribution is -0.129. The van der Waals surface area contributed by atoms with Gasteiger partial charge >= 0.3 is 0 Å². The second-order valence-electron chi connectivity index (χ2n) is 6.56. The molecule has 1 heterocycles. The van der Waals surface area contributed by atoms with E-state index in [0.29, 0.717) is 17.0 Å². The number of nitrogens with one attached hydrogen (secondary N) is 2. The van der Waals surface area contributed by atoms with Gasteiger partial charge in [-0.1, -0.05) is 11.8 Å². The molecule has 1 aliphatic heterocycles. The van der Waals surface area contributed by atoms with Crippen LogP contribution < -0.4 is 19.5 Å². The Balaban J connectivity index is 1.67. The van der Waals surface area contributed by atoms with Crippen molar-refractivity contribution in [1.29, 1.82) is 5.41 Å². The molecule has 1 unspecified atom stereocenters. The van der Waals surface area contributed by atoms with Gasteiger partial charge in [-0.2, -0.15) is 10.1 Å². The van der Waals surface area contributed by atoms with E-state index in [4.69, 9.17) is 19.6 Å². The van der Waals surface area contributed by atoms with E-state index >= 15 is 0 Å². The average molecular weight is 458 g/mol. The molecule has 1 fully saturated rings. The van der Waals surface area contributed by atoms with Gasteiger partial charge in [-0.05, 0) is 36.4 Å². The molecule has 0 saturated carbocycles. The summed E-state index contributed by atoms with van der Waals surface area (Å²) in [4.78, 5) is 25.1. The van der Waals surface area contributed by atoms with E-state index in [1.807, 2.05) is 0 Å². The minimum Gasteiger partial charge on any atom is -0.502 e. The largest absolute Gasteiger partial charge is 0.502 e. The van der Waals surface area contributed by atoms with Crippen LogP contribution in [-0.2, 0) is 9.59 Å². The second kappa shape index (κ2) is 10.1. The van der Waals surface area contributed by atoms with Crippen molar-refractivity contribution in [2.45, 2.75) is 11.7 Å². The van der Waals surface area contributed by atoms with Crippen molar-refractivity contribution >= 4 is 40.6 Å². The Bertz CT molecular complexity index is 1010. The molecule has 0 aromatic heterocycles. The van der Waals surface area contributed by atoms with Gasteiger partial charge in [0.2, 0.25) is 11.7 Å². The molecule has 0 spiro atoms. The molecule has 3 rings (SSSR count). The molecule has 1 aliphatic rings. The molecule has 168 valence electrons. The maximum Gasteiger partial charge on any atom is 0.250 e. The summed E-state index contributed by atoms with van der Waals surface area (Å²) in [5, 5.41) is 24.9. The van der Waals surface area contributed by atoms with Gasteiger partial charge in [0.25, 0.3) is 5.91 Å². The monoisotopic (exact) mass is 458 g/mol. The maximum atomic E-state index is 12.6. The fraction of sp³-hybridized carbons (Fsp3) is 0.238. The standard InChI is InChI=1S/C21H22N4O6S/c1-29-14-6-4-13(5-7-14)24-20(28)17-10-18(26)25(21(22)32-17)23-11-12-8-15(30-2)19(27)16(9-12)31-3/h4-9,11,17,22,27H,10H2,1-3H3,(H,24,28)/b22-21?,23-11+. The first-order valence-electron chi connectivity index (χ1n) is 9.38. The molecule has 2 aromatic carbocycles. The van der Waals surface area contributed by atoms with Gasteiger partial charge in [-0.3, -0.25) is 15.0 Å². The van der Waals surface area contributed by atoms with Crippen LogP contribution in [-0.4, -0.2) is 59.9 Å². The summed E-state index contributed by atoms with van der Waals surface area (Å²) < 4.78 is 15.3. The molecule has 1 atom stereocenters. The highest BCUT2D eigenvalue weighted by Crippen LogP contribution is 2.36. The number of nitrogens with zero attached hydrogens (tertiary/aromatic N) is 2. The van der Waals surface area contributed by atoms with Crippen molar-refractivity contribution < 1.29 is 28.9 Å². The van der Waals surface area contributed by atoms with Crippen molar-refractivity contribution in [2.24, 2.45) is 5.10 Å². The van der Waals surface area contributed by atoms with Crippen molar-refractivity contribution in [2.75, 3.05) is 26.6 Å². The zero-order valence-electron chi connectivity index (χ0n) is 17.6. The molecule has 11 heteroatoms. The average Bonchev–Trinajstić information content (AvgIpc) is 2.79. The van der Waals surface area contributed by atoms with E-state index in [1.165, 1.54) is 32.6 Å². The number of carbonyl (C=O) groups is 2. The van der Waals surface area contributed by atoms with Crippen LogP contribution in [0.15, 0.2) is 41.5 Å². The molecule has 10 nitrogen and oxygen atoms in total. The number of carbonyl (C=O) groups excluding carboxylic acids is 2. The third-order valence-corrected chi connectivity index (χ3v) is 5.58. The maximum absolute atomic E-state index is 12.6. The summed E-state index contributed by atoms with van der Waals surface area (Å²) in [6, 6.07) is 9.82. The molecule has 0 bridgehead atoms. The number of anilines is 1. The van der Waals surface area contributed by atoms with Crippen LogP contribution in [0.5, 0.6) is 23.0 Å². The molecular weight excluding hydrogens is 436 g/mol. The predicted molar refractivity (Wildman–Crippen MR) is 121 cm³/mol. The summed E-state index contributed by atoms with van der Waals surface area (Å²) in [5.74, 6) is -0.0157. The lowest BCUT2D eigenvalue weighted by Crippen LogP contribution is -2.42. The number of benzene rings is 2. The SMILES string of the molecule is COc1ccc(NC(=O)C2CC(=O)N(/N=C/c3cc(OC)c(O)c(OC)c3)C(=N)S2)cc1. The summed E-state index contributed by atoms with van der Waals surface area (Å²) in [5.41, 5.74) is 1.05. The zero-order chi connectivity index (χ0) is 23.3. The lowest BCUT2D eigenvalue weighted by Gasteiger charge is -2.27. The first-order chi connectivity index (χ1) is 15.4. The summed E-state index contributed by atoms with van der Waals surface area (Å²) >= 11 is 0.935. The number of thioether (sulfide) groups is 1. The van der Waals surface area contributed by atoms with Crippen molar-refractivity contribution in [3.05, 3.63) is 42.0 Å². The molecule has 32 heavy (non-hydrogen) atoms. The van der Waals surface area contributed by atoms with Crippen molar-refractivity contribution in [1.82, 2.24) is 5.01 Å². The van der Waals surface area contributed by atoms with Crippen LogP contribution in [0.4, 0.5) is 5.69 Å². The van der Waals surface area contributed by atoms with Crippen molar-refractivity contribution in [3.8, 4) is 23.0 Å². The minimum atomic E-state index is -0.752. The van der Waals surface area contributed by atoms with Gasteiger partial charge in [0.15, 0.2) is 16.7 Å². The fourth-order valence-corrected chi connectivity index (χ4v) is 3.77. The fourth-order valence-electron chi connectivity index (χ4n) is 2.86. The summed E-state index contributed by atoms with van der Waals surface area (Å²) in [6.45, 7) is 0. The van der Waals surface area contributed by atoms with Gasteiger partial charge in [-0.15, -0.1) is 0 Å². The Morgan fingerprint density at radius 1 is 1.19 bits per heavy atom. The Hall–Kier alpha value is -3.73. The smallest absolute Gasteiger partial charge is 0.250 e. The molecule has 2 amide bonds. The first kappa shape index (κ1) is 22.9. The Morgan fingerprint density at radius 3 is 2.34 bits per heavy atom. The Kier molecular flexibility index (Phi) is 7.21. The van der Waals surface area contributed by atoms with Crippen LogP contribution in [0.3, 0.4) is 0 Å². The number of amides is 2.